The van der Waals surface area contributed by atoms with E-state index < -0.39 is 0 Å². The summed E-state index contributed by atoms with van der Waals surface area (Å²) in [6, 6.07) is 7.67. The third-order valence-electron chi connectivity index (χ3n) is 7.60. The minimum Gasteiger partial charge on any atom is -0.492 e. The maximum atomic E-state index is 12.7. The van der Waals surface area contributed by atoms with Crippen molar-refractivity contribution in [1.29, 1.82) is 0 Å². The zero-order valence-electron chi connectivity index (χ0n) is 22.5. The number of epoxide rings is 2. The molecule has 1 aliphatic carbocycles. The summed E-state index contributed by atoms with van der Waals surface area (Å²) < 4.78 is 29.8. The minimum atomic E-state index is -0.372. The highest BCUT2D eigenvalue weighted by atomic mass is 16.6. The standard InChI is InChI=1S/C29H41NO6/c1-20(2)7-13-24-28(3,36-24)27-26(32-6)23(15-16-29(27)19-34-29)35-25(31)14-10-21-8-11-22(12-9-21)33-18-17-30(4)5/h7-12,14,23-24,26-27H,13,15-19H2,1-6H3/b14-10+/t23?,24-,26?,27?,28?,29+/m1/s1. The Hall–Kier alpha value is -2.19. The summed E-state index contributed by atoms with van der Waals surface area (Å²) in [7, 11) is 5.72. The van der Waals surface area contributed by atoms with Crippen molar-refractivity contribution in [2.45, 2.75) is 69.5 Å². The maximum absolute atomic E-state index is 12.7. The lowest BCUT2D eigenvalue weighted by Crippen LogP contribution is -2.55. The lowest BCUT2D eigenvalue weighted by atomic mass is 9.68. The van der Waals surface area contributed by atoms with Gasteiger partial charge in [0, 0.05) is 19.7 Å². The number of ether oxygens (including phenoxy) is 5. The van der Waals surface area contributed by atoms with Gasteiger partial charge in [0.05, 0.1) is 18.6 Å². The van der Waals surface area contributed by atoms with Crippen LogP contribution in [0, 0.1) is 5.92 Å². The lowest BCUT2D eigenvalue weighted by molar-refractivity contribution is -0.166. The van der Waals surface area contributed by atoms with Crippen LogP contribution in [0.2, 0.25) is 0 Å². The Kier molecular flexibility index (Phi) is 8.25. The highest BCUT2D eigenvalue weighted by Crippen LogP contribution is 2.59. The monoisotopic (exact) mass is 499 g/mol. The van der Waals surface area contributed by atoms with Gasteiger partial charge in [0.2, 0.25) is 0 Å². The Labute approximate surface area is 215 Å². The Morgan fingerprint density at radius 2 is 1.94 bits per heavy atom. The summed E-state index contributed by atoms with van der Waals surface area (Å²) in [5, 5.41) is 0. The first-order valence-electron chi connectivity index (χ1n) is 12.9. The molecule has 4 rings (SSSR count). The molecule has 7 nitrogen and oxygen atoms in total. The van der Waals surface area contributed by atoms with Gasteiger partial charge in [-0.3, -0.25) is 0 Å². The van der Waals surface area contributed by atoms with Crippen LogP contribution in [0.3, 0.4) is 0 Å². The van der Waals surface area contributed by atoms with Gasteiger partial charge in [-0.15, -0.1) is 0 Å². The van der Waals surface area contributed by atoms with Gasteiger partial charge in [0.15, 0.2) is 0 Å². The van der Waals surface area contributed by atoms with E-state index in [0.29, 0.717) is 19.6 Å². The van der Waals surface area contributed by atoms with Gasteiger partial charge < -0.3 is 28.6 Å². The minimum absolute atomic E-state index is 0.0149. The number of esters is 1. The largest absolute Gasteiger partial charge is 0.492 e. The molecule has 3 fully saturated rings. The molecule has 0 aromatic heterocycles. The summed E-state index contributed by atoms with van der Waals surface area (Å²) in [6.07, 6.45) is 7.38. The highest BCUT2D eigenvalue weighted by molar-refractivity contribution is 5.87. The molecule has 0 amide bonds. The quantitative estimate of drug-likeness (QED) is 0.195. The van der Waals surface area contributed by atoms with Crippen molar-refractivity contribution in [3.8, 4) is 5.75 Å². The number of carbonyl (C=O) groups excluding carboxylic acids is 1. The number of allylic oxidation sites excluding steroid dienone is 1. The van der Waals surface area contributed by atoms with Gasteiger partial charge in [-0.05, 0) is 77.9 Å². The van der Waals surface area contributed by atoms with Crippen molar-refractivity contribution in [3.05, 3.63) is 47.6 Å². The molecule has 7 heteroatoms. The Bertz CT molecular complexity index is 962. The molecule has 2 saturated heterocycles. The van der Waals surface area contributed by atoms with Crippen molar-refractivity contribution in [2.75, 3.05) is 41.0 Å². The topological polar surface area (TPSA) is 73.1 Å². The molecule has 1 aromatic carbocycles. The second kappa shape index (κ2) is 11.1. The molecule has 198 valence electrons. The first-order valence-corrected chi connectivity index (χ1v) is 12.9. The third kappa shape index (κ3) is 6.20. The van der Waals surface area contributed by atoms with Gasteiger partial charge in [0.1, 0.15) is 35.8 Å². The molecule has 1 saturated carbocycles. The van der Waals surface area contributed by atoms with Crippen LogP contribution in [0.4, 0.5) is 0 Å². The fourth-order valence-corrected chi connectivity index (χ4v) is 5.44. The second-order valence-electron chi connectivity index (χ2n) is 10.9. The van der Waals surface area contributed by atoms with Gasteiger partial charge in [-0.2, -0.15) is 0 Å². The van der Waals surface area contributed by atoms with E-state index in [4.69, 9.17) is 23.7 Å². The molecular formula is C29H41NO6. The van der Waals surface area contributed by atoms with Crippen LogP contribution >= 0.6 is 0 Å². The molecule has 1 spiro atoms. The van der Waals surface area contributed by atoms with E-state index in [1.807, 2.05) is 38.4 Å². The molecule has 2 heterocycles. The first-order chi connectivity index (χ1) is 17.2. The van der Waals surface area contributed by atoms with Crippen LogP contribution in [-0.4, -0.2) is 81.3 Å². The van der Waals surface area contributed by atoms with E-state index in [0.717, 1.165) is 30.7 Å². The van der Waals surface area contributed by atoms with Crippen LogP contribution < -0.4 is 4.74 Å². The number of benzene rings is 1. The van der Waals surface area contributed by atoms with Crippen molar-refractivity contribution < 1.29 is 28.5 Å². The fraction of sp³-hybridized carbons (Fsp3) is 0.621. The van der Waals surface area contributed by atoms with E-state index >= 15 is 0 Å². The number of carbonyl (C=O) groups is 1. The molecule has 2 aliphatic heterocycles. The third-order valence-corrected chi connectivity index (χ3v) is 7.60. The molecule has 3 aliphatic rings. The molecule has 6 atom stereocenters. The summed E-state index contributed by atoms with van der Waals surface area (Å²) in [6.45, 7) is 8.54. The van der Waals surface area contributed by atoms with Crippen LogP contribution in [0.1, 0.15) is 45.6 Å². The van der Waals surface area contributed by atoms with Crippen LogP contribution in [-0.2, 0) is 23.7 Å². The van der Waals surface area contributed by atoms with Crippen molar-refractivity contribution in [3.63, 3.8) is 0 Å². The molecule has 0 radical (unpaired) electrons. The molecular weight excluding hydrogens is 458 g/mol. The van der Waals surface area contributed by atoms with Gasteiger partial charge in [0.25, 0.3) is 0 Å². The first kappa shape index (κ1) is 26.9. The predicted molar refractivity (Wildman–Crippen MR) is 139 cm³/mol. The smallest absolute Gasteiger partial charge is 0.331 e. The highest BCUT2D eigenvalue weighted by Gasteiger charge is 2.72. The Morgan fingerprint density at radius 1 is 1.22 bits per heavy atom. The summed E-state index contributed by atoms with van der Waals surface area (Å²) in [4.78, 5) is 14.8. The molecule has 4 unspecified atom stereocenters. The van der Waals surface area contributed by atoms with E-state index in [-0.39, 0.29) is 41.4 Å². The number of nitrogens with zero attached hydrogens (tertiary/aromatic N) is 1. The van der Waals surface area contributed by atoms with E-state index in [1.54, 1.807) is 13.2 Å². The number of rotatable bonds is 11. The maximum Gasteiger partial charge on any atom is 0.331 e. The van der Waals surface area contributed by atoms with E-state index in [2.05, 4.69) is 31.7 Å². The summed E-state index contributed by atoms with van der Waals surface area (Å²) in [5.74, 6) is 0.450. The summed E-state index contributed by atoms with van der Waals surface area (Å²) in [5.41, 5.74) is 1.61. The zero-order valence-corrected chi connectivity index (χ0v) is 22.5. The Balaban J connectivity index is 1.36. The lowest BCUT2D eigenvalue weighted by Gasteiger charge is -2.42. The average molecular weight is 500 g/mol. The second-order valence-corrected chi connectivity index (χ2v) is 10.9. The SMILES string of the molecule is COC1C(OC(=O)/C=C/c2ccc(OCCN(C)C)cc2)CC[C@]2(CO2)C1C1(C)O[C@@H]1CC=C(C)C. The predicted octanol–water partition coefficient (Wildman–Crippen LogP) is 4.26. The van der Waals surface area contributed by atoms with Crippen LogP contribution in [0.25, 0.3) is 6.08 Å². The Morgan fingerprint density at radius 3 is 2.56 bits per heavy atom. The molecule has 0 bridgehead atoms. The normalized spacial score (nSPS) is 33.1. The number of likely N-dealkylation sites (N-methyl/N-ethyl adjacent to an activating group) is 1. The molecule has 1 aromatic rings. The molecule has 0 N–H and O–H groups in total. The zero-order chi connectivity index (χ0) is 25.9. The fourth-order valence-electron chi connectivity index (χ4n) is 5.44. The van der Waals surface area contributed by atoms with E-state index in [9.17, 15) is 4.79 Å². The van der Waals surface area contributed by atoms with Crippen LogP contribution in [0.5, 0.6) is 5.75 Å². The summed E-state index contributed by atoms with van der Waals surface area (Å²) >= 11 is 0. The number of hydrogen-bond donors (Lipinski definition) is 0. The van der Waals surface area contributed by atoms with Crippen molar-refractivity contribution in [2.24, 2.45) is 5.92 Å². The van der Waals surface area contributed by atoms with Gasteiger partial charge >= 0.3 is 5.97 Å². The number of hydrogen-bond acceptors (Lipinski definition) is 7. The molecule has 36 heavy (non-hydrogen) atoms. The number of methoxy groups -OCH3 is 1. The average Bonchev–Trinajstić information content (AvgIpc) is 3.75. The van der Waals surface area contributed by atoms with Crippen molar-refractivity contribution in [1.82, 2.24) is 4.90 Å². The van der Waals surface area contributed by atoms with Crippen LogP contribution in [0.15, 0.2) is 42.0 Å². The van der Waals surface area contributed by atoms with Gasteiger partial charge in [-0.1, -0.05) is 23.8 Å². The van der Waals surface area contributed by atoms with E-state index in [1.165, 1.54) is 11.6 Å². The van der Waals surface area contributed by atoms with Gasteiger partial charge in [-0.25, -0.2) is 4.79 Å². The van der Waals surface area contributed by atoms with Crippen molar-refractivity contribution >= 4 is 12.0 Å².